The maximum atomic E-state index is 5.26. The van der Waals surface area contributed by atoms with Crippen LogP contribution in [0.25, 0.3) is 0 Å². The summed E-state index contributed by atoms with van der Waals surface area (Å²) in [7, 11) is 5.14. The van der Waals surface area contributed by atoms with Crippen LogP contribution in [0.5, 0.6) is 0 Å². The summed E-state index contributed by atoms with van der Waals surface area (Å²) in [5, 5.41) is 4.43. The van der Waals surface area contributed by atoms with Crippen LogP contribution in [-0.2, 0) is 39.9 Å². The van der Waals surface area contributed by atoms with Gasteiger partial charge in [-0.15, -0.1) is 0 Å². The van der Waals surface area contributed by atoms with Gasteiger partial charge in [0.2, 0.25) is 0 Å². The van der Waals surface area contributed by atoms with Crippen molar-refractivity contribution in [2.45, 2.75) is 51.4 Å². The van der Waals surface area contributed by atoms with Crippen molar-refractivity contribution in [2.75, 3.05) is 85.7 Å². The predicted octanol–water partition coefficient (Wildman–Crippen LogP) is 8.66. The van der Waals surface area contributed by atoms with E-state index in [9.17, 15) is 0 Å². The van der Waals surface area contributed by atoms with Crippen LogP contribution in [0.1, 0.15) is 47.9 Å². The number of hydrogen-bond acceptors (Lipinski definition) is 6. The molecular formula is C45H68BrN3O3. The number of hydrogen-bond donors (Lipinski definition) is 2. The lowest BCUT2D eigenvalue weighted by atomic mass is 10.1. The number of aryl methyl sites for hydroxylation is 4. The minimum atomic E-state index is 0.622. The molecule has 0 amide bonds. The molecule has 0 saturated heterocycles. The fourth-order valence-electron chi connectivity index (χ4n) is 5.25. The maximum Gasteiger partial charge on any atom is 0.0589 e. The van der Waals surface area contributed by atoms with Crippen LogP contribution in [0.2, 0.25) is 0 Å². The Labute approximate surface area is 325 Å². The lowest BCUT2D eigenvalue weighted by Gasteiger charge is -2.22. The van der Waals surface area contributed by atoms with Crippen molar-refractivity contribution in [3.05, 3.63) is 144 Å². The molecule has 3 N–H and O–H groups in total. The van der Waals surface area contributed by atoms with Crippen LogP contribution in [0.4, 0.5) is 0 Å². The van der Waals surface area contributed by atoms with E-state index in [0.717, 1.165) is 70.5 Å². The molecule has 4 aromatic carbocycles. The van der Waals surface area contributed by atoms with Gasteiger partial charge < -0.3 is 30.2 Å². The van der Waals surface area contributed by atoms with Gasteiger partial charge in [0, 0.05) is 46.3 Å². The molecule has 6 nitrogen and oxygen atoms in total. The van der Waals surface area contributed by atoms with Crippen LogP contribution in [0, 0.1) is 0 Å². The van der Waals surface area contributed by atoms with Crippen molar-refractivity contribution < 1.29 is 14.2 Å². The Kier molecular flexibility index (Phi) is 33.1. The molecule has 4 rings (SSSR count). The fourth-order valence-corrected chi connectivity index (χ4v) is 5.53. The van der Waals surface area contributed by atoms with Crippen LogP contribution >= 0.6 is 15.9 Å². The first-order valence-corrected chi connectivity index (χ1v) is 20.1. The lowest BCUT2D eigenvalue weighted by Crippen LogP contribution is -2.30. The summed E-state index contributed by atoms with van der Waals surface area (Å²) in [6.45, 7) is 8.24. The molecule has 0 atom stereocenters. The highest BCUT2D eigenvalue weighted by Gasteiger charge is 2.05. The first kappa shape index (κ1) is 47.1. The van der Waals surface area contributed by atoms with Crippen LogP contribution < -0.4 is 11.1 Å². The highest BCUT2D eigenvalue weighted by Crippen LogP contribution is 2.07. The number of nitrogens with one attached hydrogen (secondary N) is 1. The topological polar surface area (TPSA) is 69.0 Å². The molecule has 0 heterocycles. The number of nitrogens with zero attached hydrogens (tertiary/aromatic N) is 1. The van der Waals surface area contributed by atoms with E-state index in [4.69, 9.17) is 15.2 Å². The summed E-state index contributed by atoms with van der Waals surface area (Å²) in [6, 6.07) is 42.7. The number of methoxy groups -OCH3 is 3. The third-order valence-electron chi connectivity index (χ3n) is 8.09. The quantitative estimate of drug-likeness (QED) is 0.0581. The zero-order valence-electron chi connectivity index (χ0n) is 32.4. The van der Waals surface area contributed by atoms with Gasteiger partial charge in [-0.3, -0.25) is 0 Å². The van der Waals surface area contributed by atoms with Gasteiger partial charge in [-0.25, -0.2) is 0 Å². The highest BCUT2D eigenvalue weighted by atomic mass is 79.9. The number of ether oxygens (including phenoxy) is 3. The van der Waals surface area contributed by atoms with Gasteiger partial charge in [0.25, 0.3) is 0 Å². The van der Waals surface area contributed by atoms with E-state index in [-0.39, 0.29) is 0 Å². The molecule has 0 aliphatic heterocycles. The third kappa shape index (κ3) is 28.7. The molecule has 0 aliphatic carbocycles. The summed E-state index contributed by atoms with van der Waals surface area (Å²) in [5.74, 6) is 0. The molecule has 0 aromatic heterocycles. The zero-order valence-corrected chi connectivity index (χ0v) is 34.0. The zero-order chi connectivity index (χ0) is 37.6. The summed E-state index contributed by atoms with van der Waals surface area (Å²) >= 11 is 3.41. The Morgan fingerprint density at radius 1 is 0.481 bits per heavy atom. The molecule has 4 aromatic rings. The fraction of sp³-hybridized carbons (Fsp3) is 0.467. The van der Waals surface area contributed by atoms with Crippen molar-refractivity contribution in [3.63, 3.8) is 0 Å². The van der Waals surface area contributed by atoms with Gasteiger partial charge in [-0.2, -0.15) is 0 Å². The van der Waals surface area contributed by atoms with E-state index in [0.29, 0.717) is 13.2 Å². The molecule has 0 fully saturated rings. The standard InChI is InChI=1S/C21H29NO.C12H19NO.C9H11Br.C3H9NO/c1-23-19-18-22(16-8-14-20-10-4-2-5-11-20)17-9-15-21-12-6-3-7-13-21;1-14-11-10-13-9-5-8-12-6-3-2-4-7-12;10-8-4-7-9-5-2-1-3-6-9;1-5-3-2-4/h2-7,10-13H,8-9,14-19H2,1H3;2-4,6-7,13H,5,8-11H2,1H3;1-3,5-6H,4,7-8H2;2-4H2,1H3. The average molecular weight is 779 g/mol. The number of alkyl halides is 1. The number of halogens is 1. The summed E-state index contributed by atoms with van der Waals surface area (Å²) in [4.78, 5) is 2.54. The molecule has 0 radical (unpaired) electrons. The van der Waals surface area contributed by atoms with E-state index in [1.165, 1.54) is 54.4 Å². The third-order valence-corrected chi connectivity index (χ3v) is 8.65. The first-order valence-electron chi connectivity index (χ1n) is 19.0. The molecule has 7 heteroatoms. The van der Waals surface area contributed by atoms with Crippen molar-refractivity contribution in [1.29, 1.82) is 0 Å². The minimum absolute atomic E-state index is 0.622. The highest BCUT2D eigenvalue weighted by molar-refractivity contribution is 9.09. The largest absolute Gasteiger partial charge is 0.383 e. The Morgan fingerprint density at radius 3 is 1.21 bits per heavy atom. The van der Waals surface area contributed by atoms with Gasteiger partial charge in [-0.1, -0.05) is 137 Å². The van der Waals surface area contributed by atoms with Gasteiger partial charge in [0.15, 0.2) is 0 Å². The molecule has 0 aliphatic rings. The second kappa shape index (κ2) is 36.5. The molecule has 0 saturated carbocycles. The summed E-state index contributed by atoms with van der Waals surface area (Å²) < 4.78 is 14.8. The number of benzene rings is 4. The van der Waals surface area contributed by atoms with Gasteiger partial charge in [0.1, 0.15) is 0 Å². The smallest absolute Gasteiger partial charge is 0.0589 e. The Bertz CT molecular complexity index is 1210. The second-order valence-corrected chi connectivity index (χ2v) is 13.2. The van der Waals surface area contributed by atoms with E-state index in [2.05, 4.69) is 152 Å². The van der Waals surface area contributed by atoms with E-state index in [1.54, 1.807) is 21.3 Å². The molecule has 288 valence electrons. The summed E-state index contributed by atoms with van der Waals surface area (Å²) in [6.07, 6.45) is 9.48. The van der Waals surface area contributed by atoms with Crippen LogP contribution in [0.3, 0.4) is 0 Å². The van der Waals surface area contributed by atoms with E-state index in [1.807, 2.05) is 0 Å². The predicted molar refractivity (Wildman–Crippen MR) is 227 cm³/mol. The number of nitrogens with two attached hydrogens (primary N) is 1. The van der Waals surface area contributed by atoms with Crippen molar-refractivity contribution in [3.8, 4) is 0 Å². The molecule has 0 unspecified atom stereocenters. The van der Waals surface area contributed by atoms with Gasteiger partial charge in [-0.05, 0) is 93.3 Å². The van der Waals surface area contributed by atoms with Crippen molar-refractivity contribution >= 4 is 15.9 Å². The van der Waals surface area contributed by atoms with Crippen LogP contribution in [0.15, 0.2) is 121 Å². The maximum absolute atomic E-state index is 5.26. The van der Waals surface area contributed by atoms with Crippen molar-refractivity contribution in [2.24, 2.45) is 5.73 Å². The molecule has 0 spiro atoms. The van der Waals surface area contributed by atoms with Gasteiger partial charge in [0.05, 0.1) is 19.8 Å². The average Bonchev–Trinajstić information content (AvgIpc) is 3.20. The minimum Gasteiger partial charge on any atom is -0.383 e. The van der Waals surface area contributed by atoms with E-state index < -0.39 is 0 Å². The van der Waals surface area contributed by atoms with Crippen LogP contribution in [-0.4, -0.2) is 90.6 Å². The van der Waals surface area contributed by atoms with Crippen molar-refractivity contribution in [1.82, 2.24) is 10.2 Å². The Morgan fingerprint density at radius 2 is 0.865 bits per heavy atom. The molecule has 52 heavy (non-hydrogen) atoms. The molecule has 0 bridgehead atoms. The SMILES string of the molecule is BrCCCc1ccccc1.COCCN.COCCN(CCCc1ccccc1)CCCc1ccccc1.COCCNCCCc1ccccc1. The lowest BCUT2D eigenvalue weighted by molar-refractivity contribution is 0.146. The normalized spacial score (nSPS) is 10.3. The number of rotatable bonds is 23. The summed E-state index contributed by atoms with van der Waals surface area (Å²) in [5.41, 5.74) is 10.7. The van der Waals surface area contributed by atoms with Gasteiger partial charge >= 0.3 is 0 Å². The first-order chi connectivity index (χ1) is 25.7. The second-order valence-electron chi connectivity index (χ2n) is 12.4. The Balaban J connectivity index is 0.000000395. The van der Waals surface area contributed by atoms with E-state index >= 15 is 0 Å². The molecular weight excluding hydrogens is 710 g/mol. The monoisotopic (exact) mass is 777 g/mol. The Hall–Kier alpha value is -2.88.